The quantitative estimate of drug-likeness (QED) is 0.861. The van der Waals surface area contributed by atoms with Gasteiger partial charge in [0.05, 0.1) is 0 Å². The average molecular weight is 295 g/mol. The van der Waals surface area contributed by atoms with E-state index in [9.17, 15) is 4.79 Å². The number of amides is 1. The van der Waals surface area contributed by atoms with Crippen LogP contribution in [0.3, 0.4) is 0 Å². The van der Waals surface area contributed by atoms with E-state index in [0.717, 1.165) is 5.69 Å². The SMILES string of the molecule is Cc1nnc(NC(=O)c2cc(Cl)nc(C(C)(C)C)c2)o1. The smallest absolute Gasteiger partial charge is 0.322 e. The van der Waals surface area contributed by atoms with Crippen molar-refractivity contribution in [3.63, 3.8) is 0 Å². The number of aryl methyl sites for hydroxylation is 1. The number of rotatable bonds is 2. The third-order valence-electron chi connectivity index (χ3n) is 2.57. The molecule has 0 unspecified atom stereocenters. The van der Waals surface area contributed by atoms with Gasteiger partial charge in [-0.25, -0.2) is 4.98 Å². The number of nitrogens with zero attached hydrogens (tertiary/aromatic N) is 3. The second-order valence-corrected chi connectivity index (χ2v) is 5.78. The molecule has 0 aliphatic rings. The fourth-order valence-corrected chi connectivity index (χ4v) is 1.74. The molecule has 0 aliphatic carbocycles. The molecule has 2 aromatic rings. The number of aromatic nitrogens is 3. The van der Waals surface area contributed by atoms with E-state index in [1.54, 1.807) is 13.0 Å². The molecule has 1 N–H and O–H groups in total. The maximum Gasteiger partial charge on any atom is 0.322 e. The topological polar surface area (TPSA) is 80.9 Å². The summed E-state index contributed by atoms with van der Waals surface area (Å²) < 4.78 is 5.10. The molecule has 0 radical (unpaired) electrons. The number of hydrogen-bond acceptors (Lipinski definition) is 5. The zero-order valence-electron chi connectivity index (χ0n) is 11.7. The van der Waals surface area contributed by atoms with Gasteiger partial charge in [0.2, 0.25) is 5.89 Å². The number of pyridine rings is 1. The van der Waals surface area contributed by atoms with Crippen molar-refractivity contribution < 1.29 is 9.21 Å². The molecular formula is C13H15ClN4O2. The summed E-state index contributed by atoms with van der Waals surface area (Å²) in [6.07, 6.45) is 0. The van der Waals surface area contributed by atoms with Crippen LogP contribution < -0.4 is 5.32 Å². The molecule has 0 saturated heterocycles. The van der Waals surface area contributed by atoms with Crippen molar-refractivity contribution >= 4 is 23.5 Å². The van der Waals surface area contributed by atoms with Crippen molar-refractivity contribution in [1.82, 2.24) is 15.2 Å². The Morgan fingerprint density at radius 3 is 2.55 bits per heavy atom. The molecule has 0 saturated carbocycles. The van der Waals surface area contributed by atoms with E-state index in [2.05, 4.69) is 20.5 Å². The molecule has 106 valence electrons. The van der Waals surface area contributed by atoms with Gasteiger partial charge in [-0.3, -0.25) is 10.1 Å². The number of nitrogens with one attached hydrogen (secondary N) is 1. The Bertz CT molecular complexity index is 646. The first-order valence-corrected chi connectivity index (χ1v) is 6.43. The molecule has 6 nitrogen and oxygen atoms in total. The van der Waals surface area contributed by atoms with E-state index in [1.165, 1.54) is 6.07 Å². The molecule has 2 rings (SSSR count). The van der Waals surface area contributed by atoms with Crippen LogP contribution in [0.25, 0.3) is 0 Å². The number of carbonyl (C=O) groups excluding carboxylic acids is 1. The molecule has 0 aliphatic heterocycles. The minimum Gasteiger partial charge on any atom is -0.408 e. The lowest BCUT2D eigenvalue weighted by Crippen LogP contribution is -2.17. The predicted molar refractivity (Wildman–Crippen MR) is 74.9 cm³/mol. The van der Waals surface area contributed by atoms with Crippen LogP contribution in [0.15, 0.2) is 16.5 Å². The number of hydrogen-bond donors (Lipinski definition) is 1. The van der Waals surface area contributed by atoms with Crippen molar-refractivity contribution in [2.24, 2.45) is 0 Å². The van der Waals surface area contributed by atoms with Crippen molar-refractivity contribution in [3.05, 3.63) is 34.4 Å². The molecule has 0 spiro atoms. The third kappa shape index (κ3) is 3.33. The van der Waals surface area contributed by atoms with Crippen LogP contribution in [0.4, 0.5) is 6.01 Å². The molecule has 0 bridgehead atoms. The van der Waals surface area contributed by atoms with Gasteiger partial charge in [0, 0.05) is 23.6 Å². The lowest BCUT2D eigenvalue weighted by molar-refractivity contribution is 0.102. The average Bonchev–Trinajstić information content (AvgIpc) is 2.72. The normalized spacial score (nSPS) is 11.4. The van der Waals surface area contributed by atoms with Gasteiger partial charge < -0.3 is 4.42 Å². The van der Waals surface area contributed by atoms with Crippen LogP contribution in [-0.2, 0) is 5.41 Å². The van der Waals surface area contributed by atoms with Crippen LogP contribution in [0.2, 0.25) is 5.15 Å². The second-order valence-electron chi connectivity index (χ2n) is 5.39. The molecule has 7 heteroatoms. The summed E-state index contributed by atoms with van der Waals surface area (Å²) in [5, 5.41) is 10.1. The van der Waals surface area contributed by atoms with Crippen molar-refractivity contribution in [1.29, 1.82) is 0 Å². The summed E-state index contributed by atoms with van der Waals surface area (Å²) in [7, 11) is 0. The van der Waals surface area contributed by atoms with Gasteiger partial charge in [-0.1, -0.05) is 37.5 Å². The highest BCUT2D eigenvalue weighted by molar-refractivity contribution is 6.29. The summed E-state index contributed by atoms with van der Waals surface area (Å²) in [4.78, 5) is 16.4. The van der Waals surface area contributed by atoms with E-state index in [1.807, 2.05) is 20.8 Å². The molecule has 0 aromatic carbocycles. The summed E-state index contributed by atoms with van der Waals surface area (Å²) in [6, 6.07) is 3.25. The number of carbonyl (C=O) groups is 1. The number of halogens is 1. The largest absolute Gasteiger partial charge is 0.408 e. The Labute approximate surface area is 121 Å². The summed E-state index contributed by atoms with van der Waals surface area (Å²) in [5.41, 5.74) is 0.920. The third-order valence-corrected chi connectivity index (χ3v) is 2.76. The van der Waals surface area contributed by atoms with Crippen LogP contribution in [0.1, 0.15) is 42.7 Å². The van der Waals surface area contributed by atoms with Gasteiger partial charge in [-0.15, -0.1) is 5.10 Å². The monoisotopic (exact) mass is 294 g/mol. The van der Waals surface area contributed by atoms with Gasteiger partial charge in [0.15, 0.2) is 0 Å². The minimum absolute atomic E-state index is 0.0535. The zero-order valence-corrected chi connectivity index (χ0v) is 12.4. The van der Waals surface area contributed by atoms with Crippen LogP contribution >= 0.6 is 11.6 Å². The second kappa shape index (κ2) is 5.20. The molecule has 0 fully saturated rings. The highest BCUT2D eigenvalue weighted by Gasteiger charge is 2.19. The first kappa shape index (κ1) is 14.5. The fourth-order valence-electron chi connectivity index (χ4n) is 1.53. The van der Waals surface area contributed by atoms with Crippen LogP contribution in [-0.4, -0.2) is 21.1 Å². The fraction of sp³-hybridized carbons (Fsp3) is 0.385. The Balaban J connectivity index is 2.28. The summed E-state index contributed by atoms with van der Waals surface area (Å²) in [6.45, 7) is 7.63. The van der Waals surface area contributed by atoms with Crippen molar-refractivity contribution in [2.75, 3.05) is 5.32 Å². The van der Waals surface area contributed by atoms with Gasteiger partial charge >= 0.3 is 6.01 Å². The molecule has 2 aromatic heterocycles. The highest BCUT2D eigenvalue weighted by Crippen LogP contribution is 2.23. The van der Waals surface area contributed by atoms with Crippen LogP contribution in [0.5, 0.6) is 0 Å². The van der Waals surface area contributed by atoms with E-state index in [-0.39, 0.29) is 22.5 Å². The molecule has 0 atom stereocenters. The van der Waals surface area contributed by atoms with Gasteiger partial charge in [0.1, 0.15) is 5.15 Å². The predicted octanol–water partition coefficient (Wildman–Crippen LogP) is 2.98. The van der Waals surface area contributed by atoms with Gasteiger partial charge in [-0.2, -0.15) is 0 Å². The molecule has 20 heavy (non-hydrogen) atoms. The first-order valence-electron chi connectivity index (χ1n) is 6.05. The van der Waals surface area contributed by atoms with Crippen molar-refractivity contribution in [2.45, 2.75) is 33.1 Å². The lowest BCUT2D eigenvalue weighted by Gasteiger charge is -2.18. The molecule has 1 amide bonds. The highest BCUT2D eigenvalue weighted by atomic mass is 35.5. The first-order chi connectivity index (χ1) is 9.25. The summed E-state index contributed by atoms with van der Waals surface area (Å²) >= 11 is 5.96. The van der Waals surface area contributed by atoms with E-state index >= 15 is 0 Å². The Kier molecular flexibility index (Phi) is 3.76. The Morgan fingerprint density at radius 2 is 2.00 bits per heavy atom. The summed E-state index contributed by atoms with van der Waals surface area (Å²) in [5.74, 6) is 0.00638. The van der Waals surface area contributed by atoms with E-state index in [0.29, 0.717) is 11.5 Å². The Hall–Kier alpha value is -1.95. The maximum atomic E-state index is 12.1. The molecule has 2 heterocycles. The van der Waals surface area contributed by atoms with Gasteiger partial charge in [0.25, 0.3) is 5.91 Å². The van der Waals surface area contributed by atoms with Crippen molar-refractivity contribution in [3.8, 4) is 0 Å². The lowest BCUT2D eigenvalue weighted by atomic mass is 9.91. The van der Waals surface area contributed by atoms with E-state index in [4.69, 9.17) is 16.0 Å². The standard InChI is InChI=1S/C13H15ClN4O2/c1-7-17-18-12(20-7)16-11(19)8-5-9(13(2,3)4)15-10(14)6-8/h5-6H,1-4H3,(H,16,18,19). The van der Waals surface area contributed by atoms with Crippen LogP contribution in [0, 0.1) is 6.92 Å². The van der Waals surface area contributed by atoms with E-state index < -0.39 is 0 Å². The Morgan fingerprint density at radius 1 is 1.30 bits per heavy atom. The number of anilines is 1. The molecular weight excluding hydrogens is 280 g/mol. The minimum atomic E-state index is -0.372. The maximum absolute atomic E-state index is 12.1. The zero-order chi connectivity index (χ0) is 14.9. The van der Waals surface area contributed by atoms with Gasteiger partial charge in [-0.05, 0) is 12.1 Å².